The molecule has 2 heterocycles. The zero-order valence-corrected chi connectivity index (χ0v) is 20.6. The van der Waals surface area contributed by atoms with Crippen LogP contribution in [0.3, 0.4) is 0 Å². The lowest BCUT2D eigenvalue weighted by molar-refractivity contribution is -0.137. The molecule has 6 nitrogen and oxygen atoms in total. The van der Waals surface area contributed by atoms with E-state index in [0.29, 0.717) is 37.7 Å². The van der Waals surface area contributed by atoms with Crippen molar-refractivity contribution in [3.63, 3.8) is 0 Å². The van der Waals surface area contributed by atoms with E-state index in [4.69, 9.17) is 9.97 Å². The van der Waals surface area contributed by atoms with Gasteiger partial charge in [0.2, 0.25) is 0 Å². The molecule has 0 aliphatic carbocycles. The van der Waals surface area contributed by atoms with Crippen LogP contribution in [0, 0.1) is 0 Å². The third-order valence-electron chi connectivity index (χ3n) is 6.00. The molecule has 0 bridgehead atoms. The van der Waals surface area contributed by atoms with Crippen LogP contribution in [0.1, 0.15) is 5.56 Å². The lowest BCUT2D eigenvalue weighted by atomic mass is 10.1. The summed E-state index contributed by atoms with van der Waals surface area (Å²) in [6, 6.07) is 19.7. The summed E-state index contributed by atoms with van der Waals surface area (Å²) in [5, 5.41) is 3.61. The Hall–Kier alpha value is -3.66. The molecule has 5 rings (SSSR count). The Kier molecular flexibility index (Phi) is 6.53. The molecule has 1 aromatic heterocycles. The Bertz CT molecular complexity index is 1400. The molecule has 4 aromatic rings. The third-order valence-corrected chi connectivity index (χ3v) is 6.49. The first kappa shape index (κ1) is 24.1. The second-order valence-corrected chi connectivity index (χ2v) is 9.29. The minimum Gasteiger partial charge on any atom is -0.352 e. The number of hydrogen-bond acceptors (Lipinski definition) is 4. The lowest BCUT2D eigenvalue weighted by Gasteiger charge is -2.36. The fourth-order valence-electron chi connectivity index (χ4n) is 4.12. The highest BCUT2D eigenvalue weighted by Gasteiger charge is 2.30. The number of amides is 2. The Morgan fingerprint density at radius 3 is 2.31 bits per heavy atom. The van der Waals surface area contributed by atoms with Crippen LogP contribution in [0.5, 0.6) is 0 Å². The van der Waals surface area contributed by atoms with Crippen molar-refractivity contribution in [2.45, 2.75) is 6.18 Å². The number of aromatic nitrogens is 2. The summed E-state index contributed by atoms with van der Waals surface area (Å²) in [4.78, 5) is 26.1. The van der Waals surface area contributed by atoms with E-state index in [1.807, 2.05) is 48.5 Å². The third kappa shape index (κ3) is 5.13. The summed E-state index contributed by atoms with van der Waals surface area (Å²) in [5.74, 6) is 1.42. The summed E-state index contributed by atoms with van der Waals surface area (Å²) >= 11 is 3.50. The Morgan fingerprint density at radius 2 is 1.61 bits per heavy atom. The van der Waals surface area contributed by atoms with Crippen molar-refractivity contribution in [1.82, 2.24) is 14.9 Å². The first-order chi connectivity index (χ1) is 17.3. The molecule has 0 radical (unpaired) electrons. The van der Waals surface area contributed by atoms with Crippen LogP contribution in [0.4, 0.5) is 29.5 Å². The molecule has 1 saturated heterocycles. The second-order valence-electron chi connectivity index (χ2n) is 8.38. The van der Waals surface area contributed by atoms with Crippen molar-refractivity contribution in [2.75, 3.05) is 36.4 Å². The van der Waals surface area contributed by atoms with Gasteiger partial charge in [-0.1, -0.05) is 40.2 Å². The highest BCUT2D eigenvalue weighted by molar-refractivity contribution is 9.10. The SMILES string of the molecule is O=C(Nc1ccc(C(F)(F)F)cc1)N1CCN(c2nc(-c3cccc(Br)c3)nc3ccccc23)CC1. The van der Waals surface area contributed by atoms with E-state index in [-0.39, 0.29) is 6.03 Å². The van der Waals surface area contributed by atoms with Crippen molar-refractivity contribution in [3.05, 3.63) is 82.8 Å². The maximum atomic E-state index is 12.8. The van der Waals surface area contributed by atoms with Gasteiger partial charge in [0, 0.05) is 47.3 Å². The molecular weight excluding hydrogens is 535 g/mol. The molecule has 1 fully saturated rings. The summed E-state index contributed by atoms with van der Waals surface area (Å²) in [6.45, 7) is 1.99. The Morgan fingerprint density at radius 1 is 0.889 bits per heavy atom. The average molecular weight is 556 g/mol. The maximum absolute atomic E-state index is 12.8. The van der Waals surface area contributed by atoms with Crippen LogP contribution in [-0.4, -0.2) is 47.1 Å². The molecule has 1 N–H and O–H groups in total. The van der Waals surface area contributed by atoms with Gasteiger partial charge in [-0.15, -0.1) is 0 Å². The minimum atomic E-state index is -4.42. The number of hydrogen-bond donors (Lipinski definition) is 1. The maximum Gasteiger partial charge on any atom is 0.416 e. The van der Waals surface area contributed by atoms with Crippen molar-refractivity contribution in [2.24, 2.45) is 0 Å². The molecule has 0 saturated carbocycles. The highest BCUT2D eigenvalue weighted by Crippen LogP contribution is 2.31. The van der Waals surface area contributed by atoms with Crippen molar-refractivity contribution < 1.29 is 18.0 Å². The molecule has 2 amide bonds. The number of nitrogens with one attached hydrogen (secondary N) is 1. The molecule has 184 valence electrons. The molecule has 10 heteroatoms. The van der Waals surface area contributed by atoms with Crippen LogP contribution < -0.4 is 10.2 Å². The molecule has 3 aromatic carbocycles. The number of nitrogens with zero attached hydrogens (tertiary/aromatic N) is 4. The van der Waals surface area contributed by atoms with Gasteiger partial charge in [0.1, 0.15) is 5.82 Å². The number of benzene rings is 3. The minimum absolute atomic E-state index is 0.316. The largest absolute Gasteiger partial charge is 0.416 e. The van der Waals surface area contributed by atoms with Crippen molar-refractivity contribution in [1.29, 1.82) is 0 Å². The topological polar surface area (TPSA) is 61.4 Å². The average Bonchev–Trinajstić information content (AvgIpc) is 2.88. The van der Waals surface area contributed by atoms with Gasteiger partial charge in [-0.3, -0.25) is 0 Å². The highest BCUT2D eigenvalue weighted by atomic mass is 79.9. The molecule has 0 spiro atoms. The molecule has 1 aliphatic heterocycles. The fourth-order valence-corrected chi connectivity index (χ4v) is 4.52. The van der Waals surface area contributed by atoms with Crippen LogP contribution in [-0.2, 0) is 6.18 Å². The molecular formula is C26H21BrF3N5O. The van der Waals surface area contributed by atoms with Gasteiger partial charge < -0.3 is 15.1 Å². The van der Waals surface area contributed by atoms with Gasteiger partial charge >= 0.3 is 12.2 Å². The van der Waals surface area contributed by atoms with Crippen LogP contribution in [0.2, 0.25) is 0 Å². The van der Waals surface area contributed by atoms with Crippen molar-refractivity contribution in [3.8, 4) is 11.4 Å². The predicted molar refractivity (Wildman–Crippen MR) is 137 cm³/mol. The van der Waals surface area contributed by atoms with E-state index < -0.39 is 11.7 Å². The van der Waals surface area contributed by atoms with Crippen LogP contribution >= 0.6 is 15.9 Å². The fraction of sp³-hybridized carbons (Fsp3) is 0.192. The summed E-state index contributed by atoms with van der Waals surface area (Å²) in [6.07, 6.45) is -4.42. The van der Waals surface area contributed by atoms with Gasteiger partial charge in [-0.05, 0) is 48.5 Å². The predicted octanol–water partition coefficient (Wildman–Crippen LogP) is 6.43. The van der Waals surface area contributed by atoms with E-state index in [2.05, 4.69) is 26.1 Å². The molecule has 36 heavy (non-hydrogen) atoms. The number of para-hydroxylation sites is 1. The smallest absolute Gasteiger partial charge is 0.352 e. The zero-order chi connectivity index (χ0) is 25.3. The summed E-state index contributed by atoms with van der Waals surface area (Å²) in [5.41, 5.74) is 1.29. The lowest BCUT2D eigenvalue weighted by Crippen LogP contribution is -2.50. The zero-order valence-electron chi connectivity index (χ0n) is 19.0. The normalized spacial score (nSPS) is 14.2. The van der Waals surface area contributed by atoms with Gasteiger partial charge in [-0.2, -0.15) is 13.2 Å². The van der Waals surface area contributed by atoms with E-state index in [1.54, 1.807) is 4.90 Å². The van der Waals surface area contributed by atoms with Gasteiger partial charge in [-0.25, -0.2) is 14.8 Å². The Balaban J connectivity index is 1.31. The standard InChI is InChI=1S/C26H21BrF3N5O/c27-19-5-3-4-17(16-19)23-32-22-7-2-1-6-21(22)24(33-23)34-12-14-35(15-13-34)25(36)31-20-10-8-18(9-11-20)26(28,29)30/h1-11,16H,12-15H2,(H,31,36). The number of urea groups is 1. The van der Waals surface area contributed by atoms with E-state index in [1.165, 1.54) is 12.1 Å². The number of rotatable bonds is 3. The van der Waals surface area contributed by atoms with E-state index in [9.17, 15) is 18.0 Å². The number of carbonyl (C=O) groups is 1. The van der Waals surface area contributed by atoms with Gasteiger partial charge in [0.05, 0.1) is 11.1 Å². The van der Waals surface area contributed by atoms with E-state index >= 15 is 0 Å². The van der Waals surface area contributed by atoms with Crippen LogP contribution in [0.15, 0.2) is 77.3 Å². The number of carbonyl (C=O) groups excluding carboxylic acids is 1. The summed E-state index contributed by atoms with van der Waals surface area (Å²) in [7, 11) is 0. The number of anilines is 2. The van der Waals surface area contributed by atoms with Crippen LogP contribution in [0.25, 0.3) is 22.3 Å². The Labute approximate surface area is 213 Å². The quantitative estimate of drug-likeness (QED) is 0.316. The monoisotopic (exact) mass is 555 g/mol. The van der Waals surface area contributed by atoms with Gasteiger partial charge in [0.25, 0.3) is 0 Å². The molecule has 0 unspecified atom stereocenters. The van der Waals surface area contributed by atoms with Gasteiger partial charge in [0.15, 0.2) is 5.82 Å². The number of alkyl halides is 3. The van der Waals surface area contributed by atoms with E-state index in [0.717, 1.165) is 38.9 Å². The number of piperazine rings is 1. The molecule has 1 aliphatic rings. The molecule has 0 atom stereocenters. The first-order valence-electron chi connectivity index (χ1n) is 11.3. The second kappa shape index (κ2) is 9.77. The number of halogens is 4. The van der Waals surface area contributed by atoms with Crippen molar-refractivity contribution >= 4 is 44.4 Å². The summed E-state index contributed by atoms with van der Waals surface area (Å²) < 4.78 is 39.3. The first-order valence-corrected chi connectivity index (χ1v) is 12.1. The number of fused-ring (bicyclic) bond motifs is 1.